The summed E-state index contributed by atoms with van der Waals surface area (Å²) in [6.07, 6.45) is 0.320. The van der Waals surface area contributed by atoms with Crippen LogP contribution in [0.3, 0.4) is 0 Å². The van der Waals surface area contributed by atoms with Crippen molar-refractivity contribution < 1.29 is 23.9 Å². The molecule has 0 saturated heterocycles. The first kappa shape index (κ1) is 12.9. The fraction of sp³-hybridized carbons (Fsp3) is 0.250. The summed E-state index contributed by atoms with van der Waals surface area (Å²) in [5.74, 6) is -0.150. The highest BCUT2D eigenvalue weighted by Crippen LogP contribution is 2.28. The van der Waals surface area contributed by atoms with E-state index in [4.69, 9.17) is 19.1 Å². The first-order chi connectivity index (χ1) is 9.13. The molecule has 0 bridgehead atoms. The van der Waals surface area contributed by atoms with Crippen LogP contribution >= 0.6 is 0 Å². The molecule has 0 amide bonds. The Labute approximate surface area is 108 Å². The fourth-order valence-electron chi connectivity index (χ4n) is 1.58. The lowest BCUT2D eigenvalue weighted by Gasteiger charge is -2.08. The molecule has 1 heterocycles. The molecule has 1 aromatic heterocycles. The average Bonchev–Trinajstić information content (AvgIpc) is 2.87. The lowest BCUT2D eigenvalue weighted by atomic mass is 10.1. The molecule has 0 atom stereocenters. The number of benzene rings is 1. The molecule has 0 saturated carbocycles. The fourth-order valence-corrected chi connectivity index (χ4v) is 1.58. The highest BCUT2D eigenvalue weighted by Gasteiger charge is 2.14. The molecule has 2 rings (SSSR count). The quantitative estimate of drug-likeness (QED) is 0.871. The average molecular weight is 264 g/mol. The molecule has 19 heavy (non-hydrogen) atoms. The number of ether oxygens (including phenoxy) is 2. The Hall–Kier alpha value is -2.57. The van der Waals surface area contributed by atoms with Crippen molar-refractivity contribution in [3.8, 4) is 11.5 Å². The maximum absolute atomic E-state index is 10.6. The van der Waals surface area contributed by atoms with Crippen LogP contribution in [0.2, 0.25) is 0 Å². The van der Waals surface area contributed by atoms with E-state index in [2.05, 4.69) is 10.1 Å². The lowest BCUT2D eigenvalue weighted by Crippen LogP contribution is -1.99. The van der Waals surface area contributed by atoms with Crippen molar-refractivity contribution in [1.82, 2.24) is 10.1 Å². The minimum Gasteiger partial charge on any atom is -0.493 e. The Bertz CT molecular complexity index is 594. The third kappa shape index (κ3) is 2.82. The molecule has 0 aliphatic heterocycles. The summed E-state index contributed by atoms with van der Waals surface area (Å²) in [4.78, 5) is 14.4. The number of rotatable bonds is 5. The zero-order valence-electron chi connectivity index (χ0n) is 10.4. The summed E-state index contributed by atoms with van der Waals surface area (Å²) in [5.41, 5.74) is 0.846. The monoisotopic (exact) mass is 264 g/mol. The predicted molar refractivity (Wildman–Crippen MR) is 63.6 cm³/mol. The highest BCUT2D eigenvalue weighted by atomic mass is 16.5. The Morgan fingerprint density at radius 3 is 2.63 bits per heavy atom. The van der Waals surface area contributed by atoms with Gasteiger partial charge < -0.3 is 19.1 Å². The van der Waals surface area contributed by atoms with Gasteiger partial charge in [-0.2, -0.15) is 4.98 Å². The molecule has 0 spiro atoms. The Kier molecular flexibility index (Phi) is 3.65. The maximum Gasteiger partial charge on any atom is 0.377 e. The number of carboxylic acids is 1. The normalized spacial score (nSPS) is 10.2. The van der Waals surface area contributed by atoms with Crippen LogP contribution < -0.4 is 9.47 Å². The Balaban J connectivity index is 2.20. The van der Waals surface area contributed by atoms with Crippen molar-refractivity contribution >= 4 is 5.97 Å². The van der Waals surface area contributed by atoms with Gasteiger partial charge in [0.2, 0.25) is 5.89 Å². The second kappa shape index (κ2) is 5.38. The summed E-state index contributed by atoms with van der Waals surface area (Å²) in [6.45, 7) is 0. The van der Waals surface area contributed by atoms with E-state index >= 15 is 0 Å². The van der Waals surface area contributed by atoms with Crippen molar-refractivity contribution in [2.45, 2.75) is 6.42 Å². The van der Waals surface area contributed by atoms with E-state index in [-0.39, 0.29) is 11.7 Å². The van der Waals surface area contributed by atoms with E-state index in [0.29, 0.717) is 17.9 Å². The number of aromatic carboxylic acids is 1. The SMILES string of the molecule is COc1ccc(Cc2nc(C(=O)O)no2)cc1OC. The van der Waals surface area contributed by atoms with Crippen molar-refractivity contribution in [2.75, 3.05) is 14.2 Å². The van der Waals surface area contributed by atoms with Crippen molar-refractivity contribution in [3.63, 3.8) is 0 Å². The summed E-state index contributed by atoms with van der Waals surface area (Å²) < 4.78 is 15.1. The predicted octanol–water partition coefficient (Wildman–Crippen LogP) is 1.38. The van der Waals surface area contributed by atoms with Crippen molar-refractivity contribution in [1.29, 1.82) is 0 Å². The van der Waals surface area contributed by atoms with Gasteiger partial charge in [0.15, 0.2) is 11.5 Å². The molecule has 100 valence electrons. The number of hydrogen-bond acceptors (Lipinski definition) is 6. The van der Waals surface area contributed by atoms with Crippen LogP contribution in [-0.2, 0) is 6.42 Å². The number of carboxylic acid groups (broad SMARTS) is 1. The topological polar surface area (TPSA) is 94.7 Å². The van der Waals surface area contributed by atoms with E-state index < -0.39 is 5.97 Å². The van der Waals surface area contributed by atoms with Gasteiger partial charge in [-0.1, -0.05) is 6.07 Å². The van der Waals surface area contributed by atoms with E-state index in [0.717, 1.165) is 5.56 Å². The maximum atomic E-state index is 10.6. The van der Waals surface area contributed by atoms with Gasteiger partial charge in [-0.05, 0) is 22.9 Å². The van der Waals surface area contributed by atoms with Gasteiger partial charge in [0.1, 0.15) is 0 Å². The van der Waals surface area contributed by atoms with Crippen LogP contribution in [-0.4, -0.2) is 35.4 Å². The molecular weight excluding hydrogens is 252 g/mol. The van der Waals surface area contributed by atoms with Crippen LogP contribution in [0.5, 0.6) is 11.5 Å². The number of hydrogen-bond donors (Lipinski definition) is 1. The molecular formula is C12H12N2O5. The molecule has 0 aliphatic rings. The molecule has 1 N–H and O–H groups in total. The number of aromatic nitrogens is 2. The van der Waals surface area contributed by atoms with Crippen molar-refractivity contribution in [2.24, 2.45) is 0 Å². The lowest BCUT2D eigenvalue weighted by molar-refractivity contribution is 0.0680. The molecule has 0 radical (unpaired) electrons. The van der Waals surface area contributed by atoms with Gasteiger partial charge in [0.05, 0.1) is 20.6 Å². The van der Waals surface area contributed by atoms with Gasteiger partial charge in [0.25, 0.3) is 5.82 Å². The molecule has 7 nitrogen and oxygen atoms in total. The zero-order chi connectivity index (χ0) is 13.8. The van der Waals surface area contributed by atoms with Crippen LogP contribution in [0.15, 0.2) is 22.7 Å². The smallest absolute Gasteiger partial charge is 0.377 e. The molecule has 0 fully saturated rings. The zero-order valence-corrected chi connectivity index (χ0v) is 10.4. The third-order valence-electron chi connectivity index (χ3n) is 2.46. The minimum absolute atomic E-state index is 0.226. The molecule has 0 aliphatic carbocycles. The third-order valence-corrected chi connectivity index (χ3v) is 2.46. The molecule has 0 unspecified atom stereocenters. The van der Waals surface area contributed by atoms with E-state index in [1.54, 1.807) is 19.2 Å². The van der Waals surface area contributed by atoms with Gasteiger partial charge in [-0.25, -0.2) is 4.79 Å². The summed E-state index contributed by atoms with van der Waals surface area (Å²) in [6, 6.07) is 5.33. The van der Waals surface area contributed by atoms with Gasteiger partial charge in [-0.3, -0.25) is 0 Å². The van der Waals surface area contributed by atoms with Gasteiger partial charge in [0, 0.05) is 0 Å². The van der Waals surface area contributed by atoms with E-state index in [1.165, 1.54) is 7.11 Å². The second-order valence-corrected chi connectivity index (χ2v) is 3.68. The second-order valence-electron chi connectivity index (χ2n) is 3.68. The Morgan fingerprint density at radius 2 is 2.05 bits per heavy atom. The minimum atomic E-state index is -1.22. The first-order valence-corrected chi connectivity index (χ1v) is 5.41. The molecule has 2 aromatic rings. The standard InChI is InChI=1S/C12H12N2O5/c1-17-8-4-3-7(5-9(8)18-2)6-10-13-11(12(15)16)14-19-10/h3-5H,6H2,1-2H3,(H,15,16). The van der Waals surface area contributed by atoms with Crippen molar-refractivity contribution in [3.05, 3.63) is 35.5 Å². The van der Waals surface area contributed by atoms with Crippen LogP contribution in [0.1, 0.15) is 22.1 Å². The number of methoxy groups -OCH3 is 2. The highest BCUT2D eigenvalue weighted by molar-refractivity contribution is 5.82. The number of nitrogens with zero attached hydrogens (tertiary/aromatic N) is 2. The molecule has 7 heteroatoms. The first-order valence-electron chi connectivity index (χ1n) is 5.41. The van der Waals surface area contributed by atoms with Gasteiger partial charge >= 0.3 is 5.97 Å². The molecule has 1 aromatic carbocycles. The van der Waals surface area contributed by atoms with E-state index in [9.17, 15) is 4.79 Å². The Morgan fingerprint density at radius 1 is 1.32 bits per heavy atom. The summed E-state index contributed by atoms with van der Waals surface area (Å²) in [7, 11) is 3.09. The van der Waals surface area contributed by atoms with Gasteiger partial charge in [-0.15, -0.1) is 0 Å². The summed E-state index contributed by atoms with van der Waals surface area (Å²) >= 11 is 0. The number of carbonyl (C=O) groups is 1. The van der Waals surface area contributed by atoms with Crippen LogP contribution in [0.4, 0.5) is 0 Å². The largest absolute Gasteiger partial charge is 0.493 e. The van der Waals surface area contributed by atoms with E-state index in [1.807, 2.05) is 6.07 Å². The van der Waals surface area contributed by atoms with Crippen LogP contribution in [0, 0.1) is 0 Å². The van der Waals surface area contributed by atoms with Crippen LogP contribution in [0.25, 0.3) is 0 Å². The summed E-state index contributed by atoms with van der Waals surface area (Å²) in [5, 5.41) is 12.0.